The van der Waals surface area contributed by atoms with E-state index >= 15 is 0 Å². The van der Waals surface area contributed by atoms with Crippen LogP contribution in [0.5, 0.6) is 0 Å². The van der Waals surface area contributed by atoms with Crippen molar-refractivity contribution in [3.05, 3.63) is 63.6 Å². The molecule has 0 aliphatic carbocycles. The summed E-state index contributed by atoms with van der Waals surface area (Å²) in [6, 6.07) is 11.9. The van der Waals surface area contributed by atoms with Crippen LogP contribution in [0.2, 0.25) is 10.0 Å². The number of nitrogens with one attached hydrogen (secondary N) is 1. The average molecular weight is 352 g/mol. The molecule has 23 heavy (non-hydrogen) atoms. The maximum atomic E-state index is 11.9. The average Bonchev–Trinajstić information content (AvgIpc) is 2.55. The fourth-order valence-corrected chi connectivity index (χ4v) is 2.25. The van der Waals surface area contributed by atoms with Crippen molar-refractivity contribution < 1.29 is 14.3 Å². The van der Waals surface area contributed by atoms with Gasteiger partial charge in [-0.15, -0.1) is 0 Å². The molecule has 0 aliphatic rings. The number of hydrogen-bond acceptors (Lipinski definition) is 3. The number of amides is 1. The quantitative estimate of drug-likeness (QED) is 0.814. The largest absolute Gasteiger partial charge is 0.452 e. The third kappa shape index (κ3) is 4.98. The SMILES string of the molecule is CCc1ccc(NC(=O)COC(=O)c2cc(Cl)ccc2Cl)cc1. The van der Waals surface area contributed by atoms with Crippen molar-refractivity contribution in [2.24, 2.45) is 0 Å². The third-order valence-corrected chi connectivity index (χ3v) is 3.69. The third-order valence-electron chi connectivity index (χ3n) is 3.13. The lowest BCUT2D eigenvalue weighted by atomic mass is 10.1. The summed E-state index contributed by atoms with van der Waals surface area (Å²) >= 11 is 11.7. The zero-order valence-electron chi connectivity index (χ0n) is 12.4. The Kier molecular flexibility index (Phi) is 6.02. The van der Waals surface area contributed by atoms with Crippen LogP contribution in [0.1, 0.15) is 22.8 Å². The summed E-state index contributed by atoms with van der Waals surface area (Å²) in [4.78, 5) is 23.7. The Hall–Kier alpha value is -2.04. The summed E-state index contributed by atoms with van der Waals surface area (Å²) in [5.41, 5.74) is 1.94. The Bertz CT molecular complexity index is 714. The Balaban J connectivity index is 1.90. The van der Waals surface area contributed by atoms with Crippen LogP contribution >= 0.6 is 23.2 Å². The van der Waals surface area contributed by atoms with Gasteiger partial charge in [-0.1, -0.05) is 42.3 Å². The topological polar surface area (TPSA) is 55.4 Å². The number of benzene rings is 2. The highest BCUT2D eigenvalue weighted by molar-refractivity contribution is 6.35. The molecule has 0 aromatic heterocycles. The van der Waals surface area contributed by atoms with Gasteiger partial charge < -0.3 is 10.1 Å². The summed E-state index contributed by atoms with van der Waals surface area (Å²) in [7, 11) is 0. The fourth-order valence-electron chi connectivity index (χ4n) is 1.88. The molecule has 2 aromatic carbocycles. The Morgan fingerprint density at radius 1 is 1.09 bits per heavy atom. The molecular formula is C17H15Cl2NO3. The van der Waals surface area contributed by atoms with Gasteiger partial charge in [0.15, 0.2) is 6.61 Å². The maximum Gasteiger partial charge on any atom is 0.340 e. The predicted octanol–water partition coefficient (Wildman–Crippen LogP) is 4.35. The molecule has 0 unspecified atom stereocenters. The first-order valence-corrected chi connectivity index (χ1v) is 7.76. The second-order valence-corrected chi connectivity index (χ2v) is 5.64. The van der Waals surface area contributed by atoms with Crippen LogP contribution in [-0.4, -0.2) is 18.5 Å². The molecule has 0 heterocycles. The number of ether oxygens (including phenoxy) is 1. The van der Waals surface area contributed by atoms with Crippen LogP contribution in [0.15, 0.2) is 42.5 Å². The van der Waals surface area contributed by atoms with Crippen LogP contribution in [0, 0.1) is 0 Å². The van der Waals surface area contributed by atoms with Crippen molar-refractivity contribution in [3.8, 4) is 0 Å². The van der Waals surface area contributed by atoms with Crippen molar-refractivity contribution in [2.75, 3.05) is 11.9 Å². The number of halogens is 2. The molecule has 4 nitrogen and oxygen atoms in total. The van der Waals surface area contributed by atoms with Crippen molar-refractivity contribution in [1.82, 2.24) is 0 Å². The molecule has 0 bridgehead atoms. The molecule has 120 valence electrons. The van der Waals surface area contributed by atoms with Gasteiger partial charge in [0.1, 0.15) is 0 Å². The van der Waals surface area contributed by atoms with Crippen LogP contribution in [0.25, 0.3) is 0 Å². The molecule has 0 saturated carbocycles. The molecule has 0 saturated heterocycles. The molecule has 6 heteroatoms. The maximum absolute atomic E-state index is 11.9. The second kappa shape index (κ2) is 7.99. The second-order valence-electron chi connectivity index (χ2n) is 4.80. The highest BCUT2D eigenvalue weighted by Crippen LogP contribution is 2.21. The summed E-state index contributed by atoms with van der Waals surface area (Å²) in [5, 5.41) is 3.23. The number of hydrogen-bond donors (Lipinski definition) is 1. The Labute approximate surface area is 144 Å². The monoisotopic (exact) mass is 351 g/mol. The molecular weight excluding hydrogens is 337 g/mol. The number of carbonyl (C=O) groups is 2. The number of aryl methyl sites for hydroxylation is 1. The van der Waals surface area contributed by atoms with E-state index in [1.165, 1.54) is 17.7 Å². The number of carbonyl (C=O) groups excluding carboxylic acids is 2. The minimum atomic E-state index is -0.700. The molecule has 2 aromatic rings. The molecule has 1 amide bonds. The van der Waals surface area contributed by atoms with Crippen LogP contribution in [0.4, 0.5) is 5.69 Å². The van der Waals surface area contributed by atoms with Gasteiger partial charge in [0.25, 0.3) is 5.91 Å². The lowest BCUT2D eigenvalue weighted by molar-refractivity contribution is -0.119. The number of anilines is 1. The van der Waals surface area contributed by atoms with Crippen LogP contribution in [-0.2, 0) is 16.0 Å². The summed E-state index contributed by atoms with van der Waals surface area (Å²) in [6.45, 7) is 1.64. The summed E-state index contributed by atoms with van der Waals surface area (Å²) in [6.07, 6.45) is 0.923. The highest BCUT2D eigenvalue weighted by Gasteiger charge is 2.14. The van der Waals surface area contributed by atoms with Gasteiger partial charge in [0.05, 0.1) is 10.6 Å². The Morgan fingerprint density at radius 2 is 1.78 bits per heavy atom. The van der Waals surface area contributed by atoms with E-state index in [0.717, 1.165) is 6.42 Å². The Morgan fingerprint density at radius 3 is 2.43 bits per heavy atom. The molecule has 0 atom stereocenters. The minimum Gasteiger partial charge on any atom is -0.452 e. The summed E-state index contributed by atoms with van der Waals surface area (Å²) < 4.78 is 4.95. The lowest BCUT2D eigenvalue weighted by Crippen LogP contribution is -2.21. The molecule has 1 N–H and O–H groups in total. The van der Waals surface area contributed by atoms with Gasteiger partial charge in [-0.2, -0.15) is 0 Å². The molecule has 0 spiro atoms. The van der Waals surface area contributed by atoms with Crippen molar-refractivity contribution in [3.63, 3.8) is 0 Å². The van der Waals surface area contributed by atoms with E-state index in [0.29, 0.717) is 10.7 Å². The first kappa shape index (κ1) is 17.3. The van der Waals surface area contributed by atoms with Gasteiger partial charge in [0.2, 0.25) is 0 Å². The smallest absolute Gasteiger partial charge is 0.340 e. The van der Waals surface area contributed by atoms with E-state index in [-0.39, 0.29) is 10.6 Å². The van der Waals surface area contributed by atoms with Crippen LogP contribution in [0.3, 0.4) is 0 Å². The van der Waals surface area contributed by atoms with Crippen molar-refractivity contribution in [1.29, 1.82) is 0 Å². The molecule has 0 aliphatic heterocycles. The highest BCUT2D eigenvalue weighted by atomic mass is 35.5. The number of rotatable bonds is 5. The van der Waals surface area contributed by atoms with Gasteiger partial charge in [-0.25, -0.2) is 4.79 Å². The van der Waals surface area contributed by atoms with E-state index in [4.69, 9.17) is 27.9 Å². The van der Waals surface area contributed by atoms with E-state index in [2.05, 4.69) is 5.32 Å². The first-order chi connectivity index (χ1) is 11.0. The minimum absolute atomic E-state index is 0.124. The van der Waals surface area contributed by atoms with Gasteiger partial charge in [-0.3, -0.25) is 4.79 Å². The summed E-state index contributed by atoms with van der Waals surface area (Å²) in [5.74, 6) is -1.13. The lowest BCUT2D eigenvalue weighted by Gasteiger charge is -2.08. The molecule has 0 fully saturated rings. The molecule has 0 radical (unpaired) electrons. The van der Waals surface area contributed by atoms with Gasteiger partial charge in [-0.05, 0) is 42.3 Å². The fraction of sp³-hybridized carbons (Fsp3) is 0.176. The normalized spacial score (nSPS) is 10.2. The van der Waals surface area contributed by atoms with E-state index in [1.807, 2.05) is 19.1 Å². The van der Waals surface area contributed by atoms with E-state index in [9.17, 15) is 9.59 Å². The zero-order valence-corrected chi connectivity index (χ0v) is 13.9. The standard InChI is InChI=1S/C17H15Cl2NO3/c1-2-11-3-6-13(7-4-11)20-16(21)10-23-17(22)14-9-12(18)5-8-15(14)19/h3-9H,2,10H2,1H3,(H,20,21). The van der Waals surface area contributed by atoms with Crippen molar-refractivity contribution >= 4 is 40.8 Å². The zero-order chi connectivity index (χ0) is 16.8. The number of esters is 1. The first-order valence-electron chi connectivity index (χ1n) is 7.00. The van der Waals surface area contributed by atoms with E-state index < -0.39 is 18.5 Å². The van der Waals surface area contributed by atoms with Crippen molar-refractivity contribution in [2.45, 2.75) is 13.3 Å². The predicted molar refractivity (Wildman–Crippen MR) is 91.2 cm³/mol. The van der Waals surface area contributed by atoms with E-state index in [1.54, 1.807) is 18.2 Å². The van der Waals surface area contributed by atoms with Gasteiger partial charge >= 0.3 is 5.97 Å². The van der Waals surface area contributed by atoms with Gasteiger partial charge in [0, 0.05) is 10.7 Å². The molecule has 2 rings (SSSR count). The van der Waals surface area contributed by atoms with Crippen LogP contribution < -0.4 is 5.32 Å².